The van der Waals surface area contributed by atoms with Gasteiger partial charge in [-0.1, -0.05) is 23.7 Å². The van der Waals surface area contributed by atoms with Crippen LogP contribution in [-0.4, -0.2) is 24.1 Å². The molecule has 1 aromatic carbocycles. The summed E-state index contributed by atoms with van der Waals surface area (Å²) in [4.78, 5) is 9.77. The predicted octanol–water partition coefficient (Wildman–Crippen LogP) is 2.78. The van der Waals surface area contributed by atoms with Crippen molar-refractivity contribution in [1.82, 2.24) is 9.97 Å². The number of hydrogen-bond acceptors (Lipinski definition) is 5. The van der Waals surface area contributed by atoms with Gasteiger partial charge < -0.3 is 9.64 Å². The summed E-state index contributed by atoms with van der Waals surface area (Å²) in [6.45, 7) is 0. The molecule has 0 bridgehead atoms. The lowest BCUT2D eigenvalue weighted by Gasteiger charge is -2.21. The van der Waals surface area contributed by atoms with Crippen LogP contribution < -0.4 is 9.64 Å². The molecule has 0 saturated heterocycles. The van der Waals surface area contributed by atoms with Gasteiger partial charge in [0.2, 0.25) is 0 Å². The van der Waals surface area contributed by atoms with Gasteiger partial charge in [-0.15, -0.1) is 0 Å². The van der Waals surface area contributed by atoms with Crippen molar-refractivity contribution in [2.24, 2.45) is 0 Å². The Labute approximate surface area is 116 Å². The Morgan fingerprint density at radius 3 is 2.74 bits per heavy atom. The normalized spacial score (nSPS) is 9.79. The molecule has 0 spiro atoms. The number of rotatable bonds is 3. The van der Waals surface area contributed by atoms with Crippen LogP contribution in [0.25, 0.3) is 0 Å². The molecule has 0 fully saturated rings. The average molecular weight is 275 g/mol. The zero-order chi connectivity index (χ0) is 13.8. The molecule has 0 radical (unpaired) electrons. The highest BCUT2D eigenvalue weighted by Gasteiger charge is 2.17. The molecular weight excluding hydrogens is 264 g/mol. The second-order valence-corrected chi connectivity index (χ2v) is 4.07. The van der Waals surface area contributed by atoms with E-state index in [0.717, 1.165) is 5.69 Å². The van der Waals surface area contributed by atoms with Gasteiger partial charge in [0.25, 0.3) is 0 Å². The van der Waals surface area contributed by atoms with E-state index in [9.17, 15) is 0 Å². The fourth-order valence-corrected chi connectivity index (χ4v) is 1.94. The van der Waals surface area contributed by atoms with Crippen molar-refractivity contribution in [2.45, 2.75) is 0 Å². The fraction of sp³-hybridized carbons (Fsp3) is 0.154. The van der Waals surface area contributed by atoms with Crippen LogP contribution in [-0.2, 0) is 0 Å². The van der Waals surface area contributed by atoms with E-state index in [4.69, 9.17) is 21.6 Å². The van der Waals surface area contributed by atoms with Crippen molar-refractivity contribution < 1.29 is 4.74 Å². The van der Waals surface area contributed by atoms with Gasteiger partial charge in [-0.25, -0.2) is 9.97 Å². The number of para-hydroxylation sites is 1. The molecule has 0 N–H and O–H groups in total. The van der Waals surface area contributed by atoms with E-state index in [-0.39, 0.29) is 5.15 Å². The van der Waals surface area contributed by atoms with Crippen LogP contribution in [0.15, 0.2) is 30.6 Å². The Hall–Kier alpha value is -2.32. The molecule has 96 valence electrons. The third-order valence-electron chi connectivity index (χ3n) is 2.65. The Balaban J connectivity index is 2.54. The summed E-state index contributed by atoms with van der Waals surface area (Å²) in [6.07, 6.45) is 1.35. The fourth-order valence-electron chi connectivity index (χ4n) is 1.73. The number of anilines is 2. The first-order valence-corrected chi connectivity index (χ1v) is 5.84. The molecule has 2 aromatic rings. The van der Waals surface area contributed by atoms with Crippen molar-refractivity contribution >= 4 is 23.1 Å². The second kappa shape index (κ2) is 5.55. The maximum Gasteiger partial charge on any atom is 0.199 e. The highest BCUT2D eigenvalue weighted by atomic mass is 35.5. The molecule has 0 amide bonds. The number of hydrogen-bond donors (Lipinski definition) is 0. The molecule has 0 aliphatic carbocycles. The maximum atomic E-state index is 9.13. The van der Waals surface area contributed by atoms with Crippen molar-refractivity contribution in [3.8, 4) is 11.8 Å². The molecular formula is C13H11ClN4O. The second-order valence-electron chi connectivity index (χ2n) is 3.71. The van der Waals surface area contributed by atoms with Gasteiger partial charge in [0, 0.05) is 7.05 Å². The number of ether oxygens (including phenoxy) is 1. The Kier molecular flexibility index (Phi) is 3.83. The van der Waals surface area contributed by atoms with Crippen LogP contribution in [0.5, 0.6) is 5.75 Å². The van der Waals surface area contributed by atoms with Gasteiger partial charge in [0.05, 0.1) is 18.4 Å². The molecule has 0 atom stereocenters. The minimum absolute atomic E-state index is 0.230. The first kappa shape index (κ1) is 13.1. The summed E-state index contributed by atoms with van der Waals surface area (Å²) in [5.41, 5.74) is 1.26. The van der Waals surface area contributed by atoms with E-state index in [0.29, 0.717) is 17.1 Å². The highest BCUT2D eigenvalue weighted by molar-refractivity contribution is 6.31. The van der Waals surface area contributed by atoms with Crippen LogP contribution in [0.1, 0.15) is 5.56 Å². The summed E-state index contributed by atoms with van der Waals surface area (Å²) in [5.74, 6) is 0.879. The van der Waals surface area contributed by atoms with Crippen molar-refractivity contribution in [2.75, 3.05) is 19.1 Å². The summed E-state index contributed by atoms with van der Waals surface area (Å²) in [7, 11) is 3.29. The van der Waals surface area contributed by atoms with Crippen molar-refractivity contribution in [3.05, 3.63) is 41.3 Å². The lowest BCUT2D eigenvalue weighted by molar-refractivity contribution is 0.412. The topological polar surface area (TPSA) is 62.0 Å². The SMILES string of the molecule is COc1c(Cl)ncnc1N(C)c1ccccc1C#N. The van der Waals surface area contributed by atoms with E-state index < -0.39 is 0 Å². The van der Waals surface area contributed by atoms with E-state index in [2.05, 4.69) is 16.0 Å². The molecule has 0 saturated carbocycles. The monoisotopic (exact) mass is 274 g/mol. The average Bonchev–Trinajstić information content (AvgIpc) is 2.46. The summed E-state index contributed by atoms with van der Waals surface area (Å²) in [6, 6.07) is 9.36. The van der Waals surface area contributed by atoms with Crippen molar-refractivity contribution in [1.29, 1.82) is 5.26 Å². The third-order valence-corrected chi connectivity index (χ3v) is 2.92. The number of halogens is 1. The predicted molar refractivity (Wildman–Crippen MR) is 72.8 cm³/mol. The Morgan fingerprint density at radius 1 is 1.32 bits per heavy atom. The summed E-state index contributed by atoms with van der Waals surface area (Å²) in [5, 5.41) is 9.36. The lowest BCUT2D eigenvalue weighted by atomic mass is 10.2. The summed E-state index contributed by atoms with van der Waals surface area (Å²) >= 11 is 5.97. The standard InChI is InChI=1S/C13H11ClN4O/c1-18(10-6-4-3-5-9(10)7-15)13-11(19-2)12(14)16-8-17-13/h3-6,8H,1-2H3. The van der Waals surface area contributed by atoms with Crippen LogP contribution in [0.4, 0.5) is 11.5 Å². The molecule has 0 aliphatic heterocycles. The third kappa shape index (κ3) is 2.44. The highest BCUT2D eigenvalue weighted by Crippen LogP contribution is 2.35. The summed E-state index contributed by atoms with van der Waals surface area (Å²) < 4.78 is 5.21. The molecule has 0 unspecified atom stereocenters. The molecule has 1 aromatic heterocycles. The van der Waals surface area contributed by atoms with Gasteiger partial charge in [-0.3, -0.25) is 0 Å². The first-order chi connectivity index (χ1) is 9.19. The quantitative estimate of drug-likeness (QED) is 0.806. The maximum absolute atomic E-state index is 9.13. The zero-order valence-electron chi connectivity index (χ0n) is 10.5. The molecule has 6 heteroatoms. The van der Waals surface area contributed by atoms with E-state index in [1.807, 2.05) is 12.1 Å². The molecule has 1 heterocycles. The molecule has 2 rings (SSSR count). The van der Waals surface area contributed by atoms with Crippen molar-refractivity contribution in [3.63, 3.8) is 0 Å². The minimum atomic E-state index is 0.230. The number of nitriles is 1. The van der Waals surface area contributed by atoms with Gasteiger partial charge >= 0.3 is 0 Å². The Bertz CT molecular complexity index is 639. The van der Waals surface area contributed by atoms with Crippen LogP contribution in [0.3, 0.4) is 0 Å². The lowest BCUT2D eigenvalue weighted by Crippen LogP contribution is -2.14. The molecule has 0 aliphatic rings. The zero-order valence-corrected chi connectivity index (χ0v) is 11.2. The Morgan fingerprint density at radius 2 is 2.05 bits per heavy atom. The van der Waals surface area contributed by atoms with Crippen LogP contribution in [0.2, 0.25) is 5.15 Å². The van der Waals surface area contributed by atoms with Gasteiger partial charge in [0.15, 0.2) is 16.7 Å². The first-order valence-electron chi connectivity index (χ1n) is 5.46. The largest absolute Gasteiger partial charge is 0.490 e. The van der Waals surface area contributed by atoms with Gasteiger partial charge in [-0.2, -0.15) is 5.26 Å². The van der Waals surface area contributed by atoms with Crippen LogP contribution >= 0.6 is 11.6 Å². The van der Waals surface area contributed by atoms with Crippen LogP contribution in [0, 0.1) is 11.3 Å². The minimum Gasteiger partial charge on any atom is -0.490 e. The smallest absolute Gasteiger partial charge is 0.199 e. The van der Waals surface area contributed by atoms with E-state index >= 15 is 0 Å². The van der Waals surface area contributed by atoms with E-state index in [1.165, 1.54) is 13.4 Å². The van der Waals surface area contributed by atoms with Gasteiger partial charge in [0.1, 0.15) is 12.4 Å². The van der Waals surface area contributed by atoms with Gasteiger partial charge in [-0.05, 0) is 12.1 Å². The molecule has 5 nitrogen and oxygen atoms in total. The van der Waals surface area contributed by atoms with E-state index in [1.54, 1.807) is 24.1 Å². The molecule has 19 heavy (non-hydrogen) atoms. The number of benzene rings is 1. The number of aromatic nitrogens is 2. The number of nitrogens with zero attached hydrogens (tertiary/aromatic N) is 4. The number of methoxy groups -OCH3 is 1.